The average molecular weight is 273 g/mol. The van der Waals surface area contributed by atoms with Gasteiger partial charge in [-0.1, -0.05) is 18.2 Å². The maximum Gasteiger partial charge on any atom is 0.123 e. The van der Waals surface area contributed by atoms with E-state index in [4.69, 9.17) is 0 Å². The number of aliphatic hydroxyl groups is 1. The first-order valence-electron chi connectivity index (χ1n) is 6.81. The zero-order valence-corrected chi connectivity index (χ0v) is 11.9. The number of rotatable bonds is 5. The van der Waals surface area contributed by atoms with Crippen LogP contribution in [0.5, 0.6) is 0 Å². The third-order valence-electron chi connectivity index (χ3n) is 3.51. The van der Waals surface area contributed by atoms with Gasteiger partial charge in [0.05, 0.1) is 6.10 Å². The van der Waals surface area contributed by atoms with Gasteiger partial charge < -0.3 is 10.4 Å². The van der Waals surface area contributed by atoms with Crippen molar-refractivity contribution in [2.45, 2.75) is 26.4 Å². The van der Waals surface area contributed by atoms with Gasteiger partial charge in [-0.15, -0.1) is 0 Å². The number of benzene rings is 2. The smallest absolute Gasteiger partial charge is 0.123 e. The molecule has 0 saturated heterocycles. The molecule has 1 atom stereocenters. The summed E-state index contributed by atoms with van der Waals surface area (Å²) in [7, 11) is 0. The number of aliphatic hydroxyl groups excluding tert-OH is 1. The Balaban J connectivity index is 1.87. The maximum atomic E-state index is 12.8. The molecule has 20 heavy (non-hydrogen) atoms. The summed E-state index contributed by atoms with van der Waals surface area (Å²) in [4.78, 5) is 0. The fraction of sp³-hybridized carbons (Fsp3) is 0.294. The number of aryl methyl sites for hydroxylation is 2. The first kappa shape index (κ1) is 14.5. The van der Waals surface area contributed by atoms with Crippen LogP contribution in [0.4, 0.5) is 10.1 Å². The Morgan fingerprint density at radius 1 is 1.05 bits per heavy atom. The van der Waals surface area contributed by atoms with Crippen LogP contribution in [-0.2, 0) is 0 Å². The van der Waals surface area contributed by atoms with Gasteiger partial charge in [0.2, 0.25) is 0 Å². The van der Waals surface area contributed by atoms with Gasteiger partial charge >= 0.3 is 0 Å². The molecule has 0 fully saturated rings. The van der Waals surface area contributed by atoms with Crippen LogP contribution in [0.3, 0.4) is 0 Å². The molecule has 2 rings (SSSR count). The van der Waals surface area contributed by atoms with Crippen molar-refractivity contribution in [2.24, 2.45) is 0 Å². The van der Waals surface area contributed by atoms with Crippen LogP contribution in [0.25, 0.3) is 0 Å². The van der Waals surface area contributed by atoms with E-state index in [1.807, 2.05) is 25.1 Å². The SMILES string of the molecule is Cc1ccc(C(O)CCNc2ccc(F)cc2)cc1C. The summed E-state index contributed by atoms with van der Waals surface area (Å²) in [5, 5.41) is 13.3. The van der Waals surface area contributed by atoms with E-state index in [-0.39, 0.29) is 5.82 Å². The second kappa shape index (κ2) is 6.53. The van der Waals surface area contributed by atoms with E-state index in [0.29, 0.717) is 13.0 Å². The van der Waals surface area contributed by atoms with Crippen LogP contribution in [0.15, 0.2) is 42.5 Å². The predicted molar refractivity (Wildman–Crippen MR) is 80.4 cm³/mol. The van der Waals surface area contributed by atoms with Crippen LogP contribution >= 0.6 is 0 Å². The standard InChI is InChI=1S/C17H20FNO/c1-12-3-4-14(11-13(12)2)17(20)9-10-19-16-7-5-15(18)6-8-16/h3-8,11,17,19-20H,9-10H2,1-2H3. The number of anilines is 1. The van der Waals surface area contributed by atoms with Gasteiger partial charge in [-0.2, -0.15) is 0 Å². The van der Waals surface area contributed by atoms with Gasteiger partial charge in [-0.05, 0) is 61.2 Å². The largest absolute Gasteiger partial charge is 0.388 e. The summed E-state index contributed by atoms with van der Waals surface area (Å²) in [5.41, 5.74) is 4.21. The lowest BCUT2D eigenvalue weighted by atomic mass is 10.0. The normalized spacial score (nSPS) is 12.2. The first-order valence-corrected chi connectivity index (χ1v) is 6.81. The third-order valence-corrected chi connectivity index (χ3v) is 3.51. The summed E-state index contributed by atoms with van der Waals surface area (Å²) in [5.74, 6) is -0.245. The van der Waals surface area contributed by atoms with E-state index < -0.39 is 6.10 Å². The van der Waals surface area contributed by atoms with Crippen molar-refractivity contribution in [2.75, 3.05) is 11.9 Å². The van der Waals surface area contributed by atoms with E-state index in [1.165, 1.54) is 23.3 Å². The number of nitrogens with one attached hydrogen (secondary N) is 1. The first-order chi connectivity index (χ1) is 9.56. The Morgan fingerprint density at radius 2 is 1.75 bits per heavy atom. The van der Waals surface area contributed by atoms with Crippen LogP contribution in [-0.4, -0.2) is 11.7 Å². The number of halogens is 1. The van der Waals surface area contributed by atoms with Gasteiger partial charge in [0.25, 0.3) is 0 Å². The van der Waals surface area contributed by atoms with E-state index in [9.17, 15) is 9.50 Å². The summed E-state index contributed by atoms with van der Waals surface area (Å²) >= 11 is 0. The van der Waals surface area contributed by atoms with Crippen molar-refractivity contribution in [3.8, 4) is 0 Å². The quantitative estimate of drug-likeness (QED) is 0.863. The van der Waals surface area contributed by atoms with Crippen molar-refractivity contribution >= 4 is 5.69 Å². The molecule has 1 unspecified atom stereocenters. The number of hydrogen-bond acceptors (Lipinski definition) is 2. The molecule has 0 aliphatic rings. The van der Waals surface area contributed by atoms with E-state index in [0.717, 1.165) is 11.3 Å². The monoisotopic (exact) mass is 273 g/mol. The summed E-state index contributed by atoms with van der Waals surface area (Å²) in [6.07, 6.45) is 0.127. The van der Waals surface area contributed by atoms with Crippen molar-refractivity contribution in [1.82, 2.24) is 0 Å². The van der Waals surface area contributed by atoms with Gasteiger partial charge in [-0.3, -0.25) is 0 Å². The molecule has 0 spiro atoms. The zero-order chi connectivity index (χ0) is 14.5. The Hall–Kier alpha value is -1.87. The molecule has 2 N–H and O–H groups in total. The fourth-order valence-corrected chi connectivity index (χ4v) is 2.06. The van der Waals surface area contributed by atoms with Gasteiger partial charge in [0.15, 0.2) is 0 Å². The van der Waals surface area contributed by atoms with Crippen molar-refractivity contribution in [3.63, 3.8) is 0 Å². The predicted octanol–water partition coefficient (Wildman–Crippen LogP) is 3.98. The van der Waals surface area contributed by atoms with E-state index in [2.05, 4.69) is 12.2 Å². The molecule has 0 aliphatic heterocycles. The third kappa shape index (κ3) is 3.81. The second-order valence-corrected chi connectivity index (χ2v) is 5.08. The summed E-state index contributed by atoms with van der Waals surface area (Å²) in [6.45, 7) is 4.74. The molecule has 0 radical (unpaired) electrons. The lowest BCUT2D eigenvalue weighted by Gasteiger charge is -2.14. The zero-order valence-electron chi connectivity index (χ0n) is 11.9. The Labute approximate surface area is 119 Å². The average Bonchev–Trinajstić information content (AvgIpc) is 2.44. The van der Waals surface area contributed by atoms with E-state index >= 15 is 0 Å². The molecular formula is C17H20FNO. The van der Waals surface area contributed by atoms with Crippen LogP contribution in [0.1, 0.15) is 29.2 Å². The molecule has 106 valence electrons. The molecule has 3 heteroatoms. The summed E-state index contributed by atoms with van der Waals surface area (Å²) < 4.78 is 12.8. The van der Waals surface area contributed by atoms with Crippen LogP contribution in [0, 0.1) is 19.7 Å². The van der Waals surface area contributed by atoms with E-state index in [1.54, 1.807) is 12.1 Å². The molecule has 0 aromatic heterocycles. The lowest BCUT2D eigenvalue weighted by Crippen LogP contribution is -2.08. The minimum Gasteiger partial charge on any atom is -0.388 e. The lowest BCUT2D eigenvalue weighted by molar-refractivity contribution is 0.171. The fourth-order valence-electron chi connectivity index (χ4n) is 2.06. The Kier molecular flexibility index (Phi) is 4.74. The highest BCUT2D eigenvalue weighted by atomic mass is 19.1. The van der Waals surface area contributed by atoms with Crippen molar-refractivity contribution in [3.05, 3.63) is 65.0 Å². The van der Waals surface area contributed by atoms with Gasteiger partial charge in [-0.25, -0.2) is 4.39 Å². The molecule has 0 aliphatic carbocycles. The highest BCUT2D eigenvalue weighted by Crippen LogP contribution is 2.20. The van der Waals surface area contributed by atoms with Crippen LogP contribution in [0.2, 0.25) is 0 Å². The molecule has 2 aromatic carbocycles. The highest BCUT2D eigenvalue weighted by molar-refractivity contribution is 5.42. The Bertz CT molecular complexity index is 566. The molecule has 0 heterocycles. The molecular weight excluding hydrogens is 253 g/mol. The van der Waals surface area contributed by atoms with Gasteiger partial charge in [0, 0.05) is 12.2 Å². The minimum atomic E-state index is -0.484. The molecule has 2 aromatic rings. The van der Waals surface area contributed by atoms with Crippen molar-refractivity contribution in [1.29, 1.82) is 0 Å². The topological polar surface area (TPSA) is 32.3 Å². The van der Waals surface area contributed by atoms with Gasteiger partial charge in [0.1, 0.15) is 5.82 Å². The molecule has 0 saturated carbocycles. The molecule has 2 nitrogen and oxygen atoms in total. The second-order valence-electron chi connectivity index (χ2n) is 5.08. The van der Waals surface area contributed by atoms with Crippen LogP contribution < -0.4 is 5.32 Å². The number of hydrogen-bond donors (Lipinski definition) is 2. The molecule has 0 amide bonds. The highest BCUT2D eigenvalue weighted by Gasteiger charge is 2.08. The van der Waals surface area contributed by atoms with Crippen molar-refractivity contribution < 1.29 is 9.50 Å². The maximum absolute atomic E-state index is 12.8. The molecule has 0 bridgehead atoms. The Morgan fingerprint density at radius 3 is 2.40 bits per heavy atom. The minimum absolute atomic E-state index is 0.245. The summed E-state index contributed by atoms with van der Waals surface area (Å²) in [6, 6.07) is 12.2.